The molecule has 16 heavy (non-hydrogen) atoms. The SMILES string of the molecule is O=C(NCc1sccc1Br)c1ccccn1. The fraction of sp³-hybridized carbons (Fsp3) is 0.0909. The van der Waals surface area contributed by atoms with E-state index < -0.39 is 0 Å². The number of rotatable bonds is 3. The second-order valence-electron chi connectivity index (χ2n) is 3.09. The first-order valence-electron chi connectivity index (χ1n) is 4.68. The lowest BCUT2D eigenvalue weighted by molar-refractivity contribution is 0.0946. The zero-order chi connectivity index (χ0) is 11.4. The van der Waals surface area contributed by atoms with Gasteiger partial charge in [0.05, 0.1) is 6.54 Å². The average molecular weight is 297 g/mol. The predicted molar refractivity (Wildman–Crippen MR) is 67.4 cm³/mol. The van der Waals surface area contributed by atoms with Crippen LogP contribution < -0.4 is 5.32 Å². The molecule has 0 aliphatic heterocycles. The van der Waals surface area contributed by atoms with E-state index in [0.29, 0.717) is 12.2 Å². The first-order valence-corrected chi connectivity index (χ1v) is 6.36. The first-order chi connectivity index (χ1) is 7.77. The molecule has 0 aliphatic rings. The molecule has 0 aromatic carbocycles. The van der Waals surface area contributed by atoms with Gasteiger partial charge in [0, 0.05) is 15.5 Å². The van der Waals surface area contributed by atoms with Gasteiger partial charge in [0.15, 0.2) is 0 Å². The van der Waals surface area contributed by atoms with Gasteiger partial charge in [-0.15, -0.1) is 11.3 Å². The third-order valence-corrected chi connectivity index (χ3v) is 3.92. The third kappa shape index (κ3) is 2.68. The van der Waals surface area contributed by atoms with Crippen molar-refractivity contribution in [2.75, 3.05) is 0 Å². The van der Waals surface area contributed by atoms with Gasteiger partial charge in [-0.2, -0.15) is 0 Å². The number of aromatic nitrogens is 1. The highest BCUT2D eigenvalue weighted by molar-refractivity contribution is 9.10. The van der Waals surface area contributed by atoms with Crippen LogP contribution in [0.5, 0.6) is 0 Å². The number of thiophene rings is 1. The topological polar surface area (TPSA) is 42.0 Å². The molecule has 2 rings (SSSR count). The van der Waals surface area contributed by atoms with Gasteiger partial charge in [0.2, 0.25) is 0 Å². The Morgan fingerprint density at radius 3 is 2.94 bits per heavy atom. The van der Waals surface area contributed by atoms with Crippen LogP contribution in [0.15, 0.2) is 40.3 Å². The summed E-state index contributed by atoms with van der Waals surface area (Å²) in [5.41, 5.74) is 0.440. The molecule has 5 heteroatoms. The number of carbonyl (C=O) groups is 1. The molecule has 0 fully saturated rings. The van der Waals surface area contributed by atoms with E-state index >= 15 is 0 Å². The van der Waals surface area contributed by atoms with Gasteiger partial charge in [-0.1, -0.05) is 6.07 Å². The predicted octanol–water partition coefficient (Wildman–Crippen LogP) is 2.84. The molecule has 2 aromatic heterocycles. The highest BCUT2D eigenvalue weighted by Gasteiger charge is 2.07. The van der Waals surface area contributed by atoms with Crippen molar-refractivity contribution in [2.45, 2.75) is 6.54 Å². The zero-order valence-corrected chi connectivity index (χ0v) is 10.7. The normalized spacial score (nSPS) is 10.1. The Balaban J connectivity index is 1.97. The van der Waals surface area contributed by atoms with E-state index in [0.717, 1.165) is 9.35 Å². The first kappa shape index (κ1) is 11.3. The van der Waals surface area contributed by atoms with E-state index in [4.69, 9.17) is 0 Å². The minimum absolute atomic E-state index is 0.152. The summed E-state index contributed by atoms with van der Waals surface area (Å²) in [6.45, 7) is 0.521. The van der Waals surface area contributed by atoms with Gasteiger partial charge in [-0.05, 0) is 39.5 Å². The molecule has 1 N–H and O–H groups in total. The molecular formula is C11H9BrN2OS. The van der Waals surface area contributed by atoms with E-state index in [2.05, 4.69) is 26.2 Å². The summed E-state index contributed by atoms with van der Waals surface area (Å²) in [6.07, 6.45) is 1.61. The minimum Gasteiger partial charge on any atom is -0.346 e. The largest absolute Gasteiger partial charge is 0.346 e. The summed E-state index contributed by atoms with van der Waals surface area (Å²) in [5, 5.41) is 4.80. The molecule has 0 atom stereocenters. The maximum Gasteiger partial charge on any atom is 0.270 e. The van der Waals surface area contributed by atoms with Gasteiger partial charge in [0.25, 0.3) is 5.91 Å². The number of nitrogens with one attached hydrogen (secondary N) is 1. The summed E-state index contributed by atoms with van der Waals surface area (Å²) < 4.78 is 1.03. The van der Waals surface area contributed by atoms with Crippen molar-refractivity contribution in [1.82, 2.24) is 10.3 Å². The summed E-state index contributed by atoms with van der Waals surface area (Å²) >= 11 is 5.02. The Kier molecular flexibility index (Phi) is 3.69. The van der Waals surface area contributed by atoms with Crippen molar-refractivity contribution in [3.05, 3.63) is 50.9 Å². The Morgan fingerprint density at radius 1 is 1.44 bits per heavy atom. The molecule has 2 heterocycles. The monoisotopic (exact) mass is 296 g/mol. The number of hydrogen-bond acceptors (Lipinski definition) is 3. The quantitative estimate of drug-likeness (QED) is 0.946. The van der Waals surface area contributed by atoms with Crippen LogP contribution in [0.2, 0.25) is 0 Å². The molecule has 0 saturated carbocycles. The average Bonchev–Trinajstić information content (AvgIpc) is 2.73. The Hall–Kier alpha value is -1.20. The van der Waals surface area contributed by atoms with Crippen LogP contribution in [0.25, 0.3) is 0 Å². The summed E-state index contributed by atoms with van der Waals surface area (Å²) in [4.78, 5) is 16.7. The maximum absolute atomic E-state index is 11.7. The molecule has 3 nitrogen and oxygen atoms in total. The van der Waals surface area contributed by atoms with Gasteiger partial charge in [0.1, 0.15) is 5.69 Å². The van der Waals surface area contributed by atoms with Crippen LogP contribution in [-0.4, -0.2) is 10.9 Å². The molecule has 82 valence electrons. The number of pyridine rings is 1. The molecule has 1 amide bonds. The number of nitrogens with zero attached hydrogens (tertiary/aromatic N) is 1. The van der Waals surface area contributed by atoms with E-state index in [1.165, 1.54) is 0 Å². The van der Waals surface area contributed by atoms with E-state index in [1.807, 2.05) is 11.4 Å². The fourth-order valence-electron chi connectivity index (χ4n) is 1.20. The molecule has 0 spiro atoms. The molecule has 0 aliphatic carbocycles. The van der Waals surface area contributed by atoms with Crippen molar-refractivity contribution >= 4 is 33.2 Å². The number of amides is 1. The van der Waals surface area contributed by atoms with Crippen LogP contribution in [0.3, 0.4) is 0 Å². The van der Waals surface area contributed by atoms with Crippen LogP contribution in [0.4, 0.5) is 0 Å². The molecule has 0 saturated heterocycles. The molecular weight excluding hydrogens is 288 g/mol. The molecule has 2 aromatic rings. The van der Waals surface area contributed by atoms with Gasteiger partial charge in [-0.25, -0.2) is 0 Å². The summed E-state index contributed by atoms with van der Waals surface area (Å²) in [6, 6.07) is 7.24. The van der Waals surface area contributed by atoms with Crippen molar-refractivity contribution in [2.24, 2.45) is 0 Å². The van der Waals surface area contributed by atoms with Crippen LogP contribution in [0.1, 0.15) is 15.4 Å². The van der Waals surface area contributed by atoms with Crippen molar-refractivity contribution in [1.29, 1.82) is 0 Å². The number of hydrogen-bond donors (Lipinski definition) is 1. The van der Waals surface area contributed by atoms with Gasteiger partial charge in [-0.3, -0.25) is 9.78 Å². The van der Waals surface area contributed by atoms with Crippen molar-refractivity contribution in [3.8, 4) is 0 Å². The van der Waals surface area contributed by atoms with E-state index in [1.54, 1.807) is 35.7 Å². The lowest BCUT2D eigenvalue weighted by atomic mass is 10.3. The van der Waals surface area contributed by atoms with Crippen LogP contribution in [-0.2, 0) is 6.54 Å². The highest BCUT2D eigenvalue weighted by Crippen LogP contribution is 2.22. The Morgan fingerprint density at radius 2 is 2.31 bits per heavy atom. The summed E-state index contributed by atoms with van der Waals surface area (Å²) in [5.74, 6) is -0.152. The smallest absolute Gasteiger partial charge is 0.270 e. The number of carbonyl (C=O) groups excluding carboxylic acids is 1. The standard InChI is InChI=1S/C11H9BrN2OS/c12-8-4-6-16-10(8)7-14-11(15)9-3-1-2-5-13-9/h1-6H,7H2,(H,14,15). The highest BCUT2D eigenvalue weighted by atomic mass is 79.9. The van der Waals surface area contributed by atoms with E-state index in [9.17, 15) is 4.79 Å². The van der Waals surface area contributed by atoms with Crippen molar-refractivity contribution in [3.63, 3.8) is 0 Å². The minimum atomic E-state index is -0.152. The van der Waals surface area contributed by atoms with Gasteiger partial charge >= 0.3 is 0 Å². The van der Waals surface area contributed by atoms with Crippen LogP contribution >= 0.6 is 27.3 Å². The Labute approximate surface area is 106 Å². The second-order valence-corrected chi connectivity index (χ2v) is 4.94. The fourth-order valence-corrected chi connectivity index (χ4v) is 2.63. The second kappa shape index (κ2) is 5.23. The zero-order valence-electron chi connectivity index (χ0n) is 8.31. The third-order valence-electron chi connectivity index (χ3n) is 2.00. The lowest BCUT2D eigenvalue weighted by Crippen LogP contribution is -2.23. The van der Waals surface area contributed by atoms with Crippen molar-refractivity contribution < 1.29 is 4.79 Å². The number of halogens is 1. The van der Waals surface area contributed by atoms with E-state index in [-0.39, 0.29) is 5.91 Å². The van der Waals surface area contributed by atoms with Gasteiger partial charge < -0.3 is 5.32 Å². The molecule has 0 radical (unpaired) electrons. The lowest BCUT2D eigenvalue weighted by Gasteiger charge is -2.03. The Bertz CT molecular complexity index is 484. The maximum atomic E-state index is 11.7. The molecule has 0 bridgehead atoms. The summed E-state index contributed by atoms with van der Waals surface area (Å²) in [7, 11) is 0. The van der Waals surface area contributed by atoms with Crippen LogP contribution in [0, 0.1) is 0 Å². The molecule has 0 unspecified atom stereocenters.